The van der Waals surface area contributed by atoms with Gasteiger partial charge in [0.15, 0.2) is 0 Å². The summed E-state index contributed by atoms with van der Waals surface area (Å²) >= 11 is 0. The Hall–Kier alpha value is 0.220. The Morgan fingerprint density at radius 2 is 1.04 bits per heavy atom. The maximum Gasteiger partial charge on any atom is 0.472 e. The maximum atomic E-state index is 11.9. The number of hydrogen-bond donors (Lipinski definition) is 4. The third kappa shape index (κ3) is 22.3. The minimum atomic E-state index is -4.64. The van der Waals surface area contributed by atoms with Gasteiger partial charge in [-0.05, 0) is 24.7 Å². The van der Waals surface area contributed by atoms with Crippen molar-refractivity contribution in [3.05, 3.63) is 0 Å². The molecule has 0 aliphatic heterocycles. The van der Waals surface area contributed by atoms with Crippen molar-refractivity contribution in [1.82, 2.24) is 0 Å². The van der Waals surface area contributed by atoms with Crippen molar-refractivity contribution in [1.29, 1.82) is 0 Å². The molecule has 0 aliphatic carbocycles. The highest BCUT2D eigenvalue weighted by Gasteiger charge is 2.24. The molecule has 8 nitrogen and oxygen atoms in total. The van der Waals surface area contributed by atoms with Crippen molar-refractivity contribution in [3.63, 3.8) is 0 Å². The zero-order chi connectivity index (χ0) is 20.6. The van der Waals surface area contributed by atoms with Crippen molar-refractivity contribution < 1.29 is 37.8 Å². The lowest BCUT2D eigenvalue weighted by atomic mass is 10.0. The van der Waals surface area contributed by atoms with Gasteiger partial charge in [-0.2, -0.15) is 0 Å². The number of hydrogen-bond acceptors (Lipinski definition) is 4. The Kier molecular flexibility index (Phi) is 17.7. The smallest absolute Gasteiger partial charge is 0.303 e. The third-order valence-corrected chi connectivity index (χ3v) is 4.98. The number of phosphoric acid groups is 2. The zero-order valence-electron chi connectivity index (χ0n) is 16.5. The van der Waals surface area contributed by atoms with Gasteiger partial charge < -0.3 is 19.6 Å². The molecule has 4 N–H and O–H groups in total. The maximum absolute atomic E-state index is 11.9. The topological polar surface area (TPSA) is 134 Å². The molecule has 0 spiro atoms. The van der Waals surface area contributed by atoms with Crippen LogP contribution in [0.4, 0.5) is 0 Å². The predicted octanol–water partition coefficient (Wildman–Crippen LogP) is 4.62. The fraction of sp³-hybridized carbons (Fsp3) is 1.00. The Morgan fingerprint density at radius 3 is 1.27 bits per heavy atom. The Morgan fingerprint density at radius 1 is 0.731 bits per heavy atom. The van der Waals surface area contributed by atoms with E-state index in [1.54, 1.807) is 0 Å². The first kappa shape index (κ1) is 28.4. The van der Waals surface area contributed by atoms with E-state index >= 15 is 0 Å². The summed E-state index contributed by atoms with van der Waals surface area (Å²) in [5.41, 5.74) is 0. The van der Waals surface area contributed by atoms with Gasteiger partial charge in [0.1, 0.15) is 0 Å². The van der Waals surface area contributed by atoms with Crippen LogP contribution in [0.5, 0.6) is 0 Å². The van der Waals surface area contributed by atoms with Gasteiger partial charge in [-0.15, -0.1) is 0 Å². The van der Waals surface area contributed by atoms with Crippen molar-refractivity contribution in [3.8, 4) is 0 Å². The first-order valence-electron chi connectivity index (χ1n) is 9.39. The van der Waals surface area contributed by atoms with Crippen LogP contribution >= 0.6 is 15.6 Å². The second-order valence-electron chi connectivity index (χ2n) is 6.41. The standard InChI is InChI=1S/C16H35O4P.H3O4P/c1-5-9-11-15(7-3)13-19-21(17,18)20-14-16(8-4)12-10-6-2;1-5(2,3)4/h15-16H,5-14H2,1-4H3,(H,17,18);(H3,1,2,3,4). The van der Waals surface area contributed by atoms with Crippen molar-refractivity contribution in [2.45, 2.75) is 79.1 Å². The molecule has 0 aromatic heterocycles. The van der Waals surface area contributed by atoms with Crippen molar-refractivity contribution in [2.75, 3.05) is 13.2 Å². The first-order valence-corrected chi connectivity index (χ1v) is 12.4. The Balaban J connectivity index is 0. The van der Waals surface area contributed by atoms with Gasteiger partial charge in [-0.3, -0.25) is 9.05 Å². The summed E-state index contributed by atoms with van der Waals surface area (Å²) in [6, 6.07) is 0. The van der Waals surface area contributed by atoms with E-state index in [4.69, 9.17) is 28.3 Å². The molecule has 0 saturated carbocycles. The number of rotatable bonds is 14. The van der Waals surface area contributed by atoms with Gasteiger partial charge in [0.05, 0.1) is 13.2 Å². The molecule has 0 aromatic rings. The lowest BCUT2D eigenvalue weighted by molar-refractivity contribution is 0.110. The van der Waals surface area contributed by atoms with E-state index in [0.29, 0.717) is 25.0 Å². The molecule has 0 saturated heterocycles. The van der Waals surface area contributed by atoms with Crippen LogP contribution in [0.3, 0.4) is 0 Å². The highest BCUT2D eigenvalue weighted by molar-refractivity contribution is 7.47. The average molecular weight is 420 g/mol. The SMILES string of the molecule is CCCCC(CC)COP(=O)(O)OCC(CC)CCCC.O=P(O)(O)O. The minimum Gasteiger partial charge on any atom is -0.303 e. The molecule has 0 bridgehead atoms. The summed E-state index contributed by atoms with van der Waals surface area (Å²) in [6.07, 6.45) is 8.56. The third-order valence-electron chi connectivity index (χ3n) is 4.03. The molecule has 0 aromatic carbocycles. The summed E-state index contributed by atoms with van der Waals surface area (Å²) in [6.45, 7) is 9.10. The molecule has 0 amide bonds. The number of unbranched alkanes of at least 4 members (excludes halogenated alkanes) is 2. The normalized spacial score (nSPS) is 16.3. The molecule has 10 heteroatoms. The van der Waals surface area contributed by atoms with E-state index in [9.17, 15) is 9.46 Å². The van der Waals surface area contributed by atoms with Crippen LogP contribution in [0.25, 0.3) is 0 Å². The van der Waals surface area contributed by atoms with Crippen LogP contribution in [-0.4, -0.2) is 32.8 Å². The minimum absolute atomic E-state index is 0.316. The lowest BCUT2D eigenvalue weighted by Gasteiger charge is -2.20. The summed E-state index contributed by atoms with van der Waals surface area (Å²) in [5, 5.41) is 0. The molecular formula is C16H38O8P2. The molecule has 0 radical (unpaired) electrons. The van der Waals surface area contributed by atoms with Gasteiger partial charge in [-0.25, -0.2) is 9.13 Å². The number of phosphoric ester groups is 1. The molecular weight excluding hydrogens is 382 g/mol. The Labute approximate surface area is 158 Å². The molecule has 26 heavy (non-hydrogen) atoms. The van der Waals surface area contributed by atoms with Gasteiger partial charge in [0.25, 0.3) is 0 Å². The highest BCUT2D eigenvalue weighted by atomic mass is 31.2. The Bertz CT molecular complexity index is 381. The fourth-order valence-electron chi connectivity index (χ4n) is 2.23. The van der Waals surface area contributed by atoms with Gasteiger partial charge in [0, 0.05) is 0 Å². The van der Waals surface area contributed by atoms with E-state index in [-0.39, 0.29) is 0 Å². The molecule has 0 heterocycles. The predicted molar refractivity (Wildman–Crippen MR) is 103 cm³/mol. The van der Waals surface area contributed by atoms with Crippen molar-refractivity contribution in [2.24, 2.45) is 11.8 Å². The fourth-order valence-corrected chi connectivity index (χ4v) is 3.11. The molecule has 0 aliphatic rings. The molecule has 160 valence electrons. The van der Waals surface area contributed by atoms with Crippen LogP contribution in [0.2, 0.25) is 0 Å². The zero-order valence-corrected chi connectivity index (χ0v) is 18.3. The summed E-state index contributed by atoms with van der Waals surface area (Å²) < 4.78 is 31.1. The van der Waals surface area contributed by atoms with Crippen LogP contribution < -0.4 is 0 Å². The largest absolute Gasteiger partial charge is 0.472 e. The molecule has 2 unspecified atom stereocenters. The van der Waals surface area contributed by atoms with E-state index < -0.39 is 15.6 Å². The van der Waals surface area contributed by atoms with E-state index in [2.05, 4.69) is 27.7 Å². The second-order valence-corrected chi connectivity index (χ2v) is 8.89. The van der Waals surface area contributed by atoms with Crippen LogP contribution in [0.1, 0.15) is 79.1 Å². The average Bonchev–Trinajstić information content (AvgIpc) is 2.53. The van der Waals surface area contributed by atoms with Gasteiger partial charge in [-0.1, -0.05) is 66.2 Å². The van der Waals surface area contributed by atoms with E-state index in [1.807, 2.05) is 0 Å². The highest BCUT2D eigenvalue weighted by Crippen LogP contribution is 2.44. The summed E-state index contributed by atoms with van der Waals surface area (Å²) in [7, 11) is -8.53. The van der Waals surface area contributed by atoms with Crippen LogP contribution in [0, 0.1) is 11.8 Å². The van der Waals surface area contributed by atoms with E-state index in [0.717, 1.165) is 51.4 Å². The first-order chi connectivity index (χ1) is 12.0. The van der Waals surface area contributed by atoms with Gasteiger partial charge in [0.2, 0.25) is 0 Å². The van der Waals surface area contributed by atoms with Crippen LogP contribution in [0.15, 0.2) is 0 Å². The molecule has 2 atom stereocenters. The van der Waals surface area contributed by atoms with Crippen LogP contribution in [-0.2, 0) is 18.2 Å². The summed E-state index contributed by atoms with van der Waals surface area (Å²) in [4.78, 5) is 31.3. The molecule has 0 rings (SSSR count). The van der Waals surface area contributed by atoms with E-state index in [1.165, 1.54) is 0 Å². The summed E-state index contributed by atoms with van der Waals surface area (Å²) in [5.74, 6) is 0.687. The second kappa shape index (κ2) is 16.2. The van der Waals surface area contributed by atoms with Gasteiger partial charge >= 0.3 is 15.6 Å². The lowest BCUT2D eigenvalue weighted by Crippen LogP contribution is -2.12. The van der Waals surface area contributed by atoms with Crippen molar-refractivity contribution >= 4 is 15.6 Å². The quantitative estimate of drug-likeness (QED) is 0.299. The monoisotopic (exact) mass is 420 g/mol. The molecule has 0 fully saturated rings.